The van der Waals surface area contributed by atoms with Gasteiger partial charge in [0.15, 0.2) is 0 Å². The molecule has 1 saturated heterocycles. The van der Waals surface area contributed by atoms with Crippen molar-refractivity contribution >= 4 is 0 Å². The highest BCUT2D eigenvalue weighted by atomic mass is 19.1. The summed E-state index contributed by atoms with van der Waals surface area (Å²) < 4.78 is 13.9. The lowest BCUT2D eigenvalue weighted by molar-refractivity contribution is 0.0916. The van der Waals surface area contributed by atoms with Crippen molar-refractivity contribution in [3.8, 4) is 0 Å². The van der Waals surface area contributed by atoms with Crippen molar-refractivity contribution in [3.05, 3.63) is 0 Å². The van der Waals surface area contributed by atoms with Crippen molar-refractivity contribution in [2.45, 2.75) is 45.2 Å². The first-order valence-corrected chi connectivity index (χ1v) is 5.06. The van der Waals surface area contributed by atoms with E-state index < -0.39 is 5.67 Å². The van der Waals surface area contributed by atoms with Gasteiger partial charge in [-0.2, -0.15) is 0 Å². The van der Waals surface area contributed by atoms with Crippen LogP contribution in [-0.2, 0) is 0 Å². The van der Waals surface area contributed by atoms with E-state index in [0.29, 0.717) is 12.5 Å². The Bertz CT molecular complexity index is 130. The summed E-state index contributed by atoms with van der Waals surface area (Å²) in [7, 11) is 0. The predicted octanol–water partition coefficient (Wildman–Crippen LogP) is 2.51. The average molecular weight is 173 g/mol. The van der Waals surface area contributed by atoms with Crippen molar-refractivity contribution in [1.82, 2.24) is 5.32 Å². The molecule has 0 amide bonds. The molecule has 1 fully saturated rings. The Morgan fingerprint density at radius 1 is 1.58 bits per heavy atom. The smallest absolute Gasteiger partial charge is 0.123 e. The van der Waals surface area contributed by atoms with Crippen LogP contribution in [0.4, 0.5) is 4.39 Å². The Kier molecular flexibility index (Phi) is 3.51. The van der Waals surface area contributed by atoms with Gasteiger partial charge >= 0.3 is 0 Å². The zero-order valence-electron chi connectivity index (χ0n) is 8.20. The molecule has 0 bridgehead atoms. The van der Waals surface area contributed by atoms with Gasteiger partial charge < -0.3 is 5.32 Å². The molecule has 0 saturated carbocycles. The molecule has 2 unspecified atom stereocenters. The van der Waals surface area contributed by atoms with E-state index in [2.05, 4.69) is 19.2 Å². The van der Waals surface area contributed by atoms with Crippen molar-refractivity contribution in [2.24, 2.45) is 5.92 Å². The molecule has 0 aromatic carbocycles. The van der Waals surface area contributed by atoms with Crippen LogP contribution in [0.3, 0.4) is 0 Å². The third kappa shape index (κ3) is 2.74. The van der Waals surface area contributed by atoms with E-state index in [1.54, 1.807) is 0 Å². The molecule has 1 rings (SSSR count). The fourth-order valence-corrected chi connectivity index (χ4v) is 1.87. The summed E-state index contributed by atoms with van der Waals surface area (Å²) in [6.45, 7) is 5.82. The molecule has 72 valence electrons. The summed E-state index contributed by atoms with van der Waals surface area (Å²) in [6.07, 6.45) is 3.57. The maximum absolute atomic E-state index is 13.9. The molecule has 2 heteroatoms. The summed E-state index contributed by atoms with van der Waals surface area (Å²) in [5.41, 5.74) is -0.909. The minimum Gasteiger partial charge on any atom is -0.314 e. The van der Waals surface area contributed by atoms with E-state index in [9.17, 15) is 4.39 Å². The van der Waals surface area contributed by atoms with Crippen LogP contribution in [0.15, 0.2) is 0 Å². The molecule has 2 atom stereocenters. The lowest BCUT2D eigenvalue weighted by Gasteiger charge is -2.32. The van der Waals surface area contributed by atoms with Gasteiger partial charge in [-0.25, -0.2) is 4.39 Å². The second-order valence-corrected chi connectivity index (χ2v) is 4.15. The standard InChI is InChI=1S/C10H20FN/c1-3-9(2)7-10(11)5-4-6-12-8-10/h9,12H,3-8H2,1-2H3. The average Bonchev–Trinajstić information content (AvgIpc) is 2.05. The molecule has 12 heavy (non-hydrogen) atoms. The SMILES string of the molecule is CCC(C)CC1(F)CCCNC1. The Balaban J connectivity index is 2.35. The molecule has 1 heterocycles. The summed E-state index contributed by atoms with van der Waals surface area (Å²) in [6, 6.07) is 0. The van der Waals surface area contributed by atoms with Gasteiger partial charge in [0.05, 0.1) is 0 Å². The zero-order chi connectivity index (χ0) is 9.03. The number of rotatable bonds is 3. The molecule has 0 aromatic rings. The first kappa shape index (κ1) is 9.97. The van der Waals surface area contributed by atoms with Gasteiger partial charge in [-0.15, -0.1) is 0 Å². The van der Waals surface area contributed by atoms with E-state index in [-0.39, 0.29) is 0 Å². The quantitative estimate of drug-likeness (QED) is 0.691. The van der Waals surface area contributed by atoms with Gasteiger partial charge in [0.2, 0.25) is 0 Å². The summed E-state index contributed by atoms with van der Waals surface area (Å²) in [5.74, 6) is 0.523. The second-order valence-electron chi connectivity index (χ2n) is 4.15. The monoisotopic (exact) mass is 173 g/mol. The van der Waals surface area contributed by atoms with Crippen LogP contribution < -0.4 is 5.32 Å². The molecule has 0 spiro atoms. The number of hydrogen-bond acceptors (Lipinski definition) is 1. The summed E-state index contributed by atoms with van der Waals surface area (Å²) in [5, 5.41) is 3.13. The first-order chi connectivity index (χ1) is 5.66. The molecule has 1 nitrogen and oxygen atoms in total. The van der Waals surface area contributed by atoms with Crippen LogP contribution in [-0.4, -0.2) is 18.8 Å². The van der Waals surface area contributed by atoms with Gasteiger partial charge in [-0.05, 0) is 31.7 Å². The maximum Gasteiger partial charge on any atom is 0.123 e. The lowest BCUT2D eigenvalue weighted by atomic mass is 9.86. The maximum atomic E-state index is 13.9. The van der Waals surface area contributed by atoms with Crippen molar-refractivity contribution in [2.75, 3.05) is 13.1 Å². The third-order valence-electron chi connectivity index (χ3n) is 2.83. The fourth-order valence-electron chi connectivity index (χ4n) is 1.87. The Hall–Kier alpha value is -0.110. The Morgan fingerprint density at radius 2 is 2.33 bits per heavy atom. The van der Waals surface area contributed by atoms with Crippen molar-refractivity contribution in [3.63, 3.8) is 0 Å². The van der Waals surface area contributed by atoms with Crippen LogP contribution in [0.2, 0.25) is 0 Å². The topological polar surface area (TPSA) is 12.0 Å². The molecule has 1 aliphatic rings. The molecule has 0 aromatic heterocycles. The number of nitrogens with one attached hydrogen (secondary N) is 1. The van der Waals surface area contributed by atoms with E-state index in [1.807, 2.05) is 0 Å². The number of alkyl halides is 1. The minimum absolute atomic E-state index is 0.523. The van der Waals surface area contributed by atoms with E-state index in [0.717, 1.165) is 32.2 Å². The van der Waals surface area contributed by atoms with E-state index in [4.69, 9.17) is 0 Å². The van der Waals surface area contributed by atoms with E-state index >= 15 is 0 Å². The highest BCUT2D eigenvalue weighted by Gasteiger charge is 2.32. The highest BCUT2D eigenvalue weighted by molar-refractivity contribution is 4.86. The van der Waals surface area contributed by atoms with Gasteiger partial charge in [0.1, 0.15) is 5.67 Å². The minimum atomic E-state index is -0.909. The zero-order valence-corrected chi connectivity index (χ0v) is 8.20. The number of halogens is 1. The van der Waals surface area contributed by atoms with Gasteiger partial charge in [0.25, 0.3) is 0 Å². The molecule has 1 aliphatic heterocycles. The third-order valence-corrected chi connectivity index (χ3v) is 2.83. The van der Waals surface area contributed by atoms with Crippen LogP contribution in [0, 0.1) is 5.92 Å². The molecular formula is C10H20FN. The van der Waals surface area contributed by atoms with Crippen molar-refractivity contribution in [1.29, 1.82) is 0 Å². The molecule has 1 N–H and O–H groups in total. The van der Waals surface area contributed by atoms with Crippen LogP contribution in [0.25, 0.3) is 0 Å². The Morgan fingerprint density at radius 3 is 2.83 bits per heavy atom. The molecule has 0 aliphatic carbocycles. The van der Waals surface area contributed by atoms with Gasteiger partial charge in [0, 0.05) is 6.54 Å². The van der Waals surface area contributed by atoms with Crippen LogP contribution in [0.1, 0.15) is 39.5 Å². The normalized spacial score (nSPS) is 33.2. The van der Waals surface area contributed by atoms with Crippen LogP contribution in [0.5, 0.6) is 0 Å². The Labute approximate surface area is 74.7 Å². The van der Waals surface area contributed by atoms with E-state index in [1.165, 1.54) is 0 Å². The predicted molar refractivity (Wildman–Crippen MR) is 50.0 cm³/mol. The van der Waals surface area contributed by atoms with Crippen molar-refractivity contribution < 1.29 is 4.39 Å². The van der Waals surface area contributed by atoms with Crippen LogP contribution >= 0.6 is 0 Å². The number of hydrogen-bond donors (Lipinski definition) is 1. The molecule has 0 radical (unpaired) electrons. The fraction of sp³-hybridized carbons (Fsp3) is 1.00. The largest absolute Gasteiger partial charge is 0.314 e. The highest BCUT2D eigenvalue weighted by Crippen LogP contribution is 2.29. The summed E-state index contributed by atoms with van der Waals surface area (Å²) >= 11 is 0. The molecular weight excluding hydrogens is 153 g/mol. The van der Waals surface area contributed by atoms with Gasteiger partial charge in [-0.3, -0.25) is 0 Å². The first-order valence-electron chi connectivity index (χ1n) is 5.06. The van der Waals surface area contributed by atoms with Gasteiger partial charge in [-0.1, -0.05) is 20.3 Å². The summed E-state index contributed by atoms with van der Waals surface area (Å²) in [4.78, 5) is 0. The number of piperidine rings is 1. The second kappa shape index (κ2) is 4.22. The lowest BCUT2D eigenvalue weighted by Crippen LogP contribution is -2.43.